The van der Waals surface area contributed by atoms with E-state index in [0.717, 1.165) is 29.7 Å². The topological polar surface area (TPSA) is 59.0 Å². The molecular formula is C50H67NO4SSi2. The van der Waals surface area contributed by atoms with Crippen LogP contribution in [0.4, 0.5) is 0 Å². The van der Waals surface area contributed by atoms with Crippen LogP contribution in [0.5, 0.6) is 0 Å². The number of rotatable bonds is 20. The smallest absolute Gasteiger partial charge is 0.261 e. The first-order chi connectivity index (χ1) is 27.7. The predicted octanol–water partition coefficient (Wildman–Crippen LogP) is 9.24. The van der Waals surface area contributed by atoms with Crippen molar-refractivity contribution in [3.8, 4) is 0 Å². The van der Waals surface area contributed by atoms with Crippen LogP contribution in [0.25, 0.3) is 0 Å². The molecule has 1 unspecified atom stereocenters. The maximum Gasteiger partial charge on any atom is 0.261 e. The van der Waals surface area contributed by atoms with Gasteiger partial charge in [-0.15, -0.1) is 0 Å². The molecule has 58 heavy (non-hydrogen) atoms. The molecule has 0 bridgehead atoms. The molecule has 0 aliphatic heterocycles. The zero-order valence-corrected chi connectivity index (χ0v) is 39.0. The van der Waals surface area contributed by atoms with Gasteiger partial charge in [0.2, 0.25) is 0 Å². The van der Waals surface area contributed by atoms with Crippen LogP contribution >= 0.6 is 0 Å². The van der Waals surface area contributed by atoms with E-state index in [-0.39, 0.29) is 22.7 Å². The number of aliphatic hydroxyl groups excluding tert-OH is 1. The first kappa shape index (κ1) is 45.6. The molecule has 0 fully saturated rings. The van der Waals surface area contributed by atoms with Crippen LogP contribution in [0, 0.1) is 5.92 Å². The van der Waals surface area contributed by atoms with Crippen LogP contribution in [0.2, 0.25) is 10.1 Å². The Morgan fingerprint density at radius 2 is 1.00 bits per heavy atom. The van der Waals surface area contributed by atoms with Crippen molar-refractivity contribution < 1.29 is 18.2 Å². The van der Waals surface area contributed by atoms with Crippen molar-refractivity contribution in [1.29, 1.82) is 0 Å². The van der Waals surface area contributed by atoms with E-state index in [2.05, 4.69) is 193 Å². The van der Waals surface area contributed by atoms with Crippen molar-refractivity contribution in [3.05, 3.63) is 151 Å². The van der Waals surface area contributed by atoms with E-state index in [4.69, 9.17) is 8.85 Å². The third kappa shape index (κ3) is 10.6. The Kier molecular flexibility index (Phi) is 16.3. The minimum Gasteiger partial charge on any atom is -0.406 e. The highest BCUT2D eigenvalue weighted by molar-refractivity contribution is 7.82. The second-order valence-electron chi connectivity index (χ2n) is 18.0. The molecule has 5 nitrogen and oxygen atoms in total. The van der Waals surface area contributed by atoms with Gasteiger partial charge in [0.05, 0.1) is 18.1 Å². The van der Waals surface area contributed by atoms with Gasteiger partial charge >= 0.3 is 0 Å². The Hall–Kier alpha value is -3.48. The van der Waals surface area contributed by atoms with Crippen molar-refractivity contribution in [2.75, 3.05) is 19.8 Å². The summed E-state index contributed by atoms with van der Waals surface area (Å²) in [6.07, 6.45) is 3.19. The summed E-state index contributed by atoms with van der Waals surface area (Å²) in [4.78, 5) is 0.774. The number of aliphatic hydroxyl groups is 1. The van der Waals surface area contributed by atoms with Crippen molar-refractivity contribution in [1.82, 2.24) is 4.31 Å². The third-order valence-electron chi connectivity index (χ3n) is 11.4. The molecule has 0 spiro atoms. The summed E-state index contributed by atoms with van der Waals surface area (Å²) in [5.41, 5.74) is 1.05. The van der Waals surface area contributed by atoms with E-state index in [9.17, 15) is 9.32 Å². The van der Waals surface area contributed by atoms with Gasteiger partial charge in [0.25, 0.3) is 16.6 Å². The van der Waals surface area contributed by atoms with Crippen LogP contribution in [0.15, 0.2) is 150 Å². The second-order valence-corrected chi connectivity index (χ2v) is 28.1. The molecule has 2 atom stereocenters. The summed E-state index contributed by atoms with van der Waals surface area (Å²) in [5.74, 6) is 0.441. The monoisotopic (exact) mass is 833 g/mol. The molecule has 0 saturated heterocycles. The molecule has 310 valence electrons. The maximum absolute atomic E-state index is 14.9. The van der Waals surface area contributed by atoms with Gasteiger partial charge in [-0.1, -0.05) is 189 Å². The van der Waals surface area contributed by atoms with Gasteiger partial charge in [-0.25, -0.2) is 8.51 Å². The molecule has 5 aromatic rings. The zero-order chi connectivity index (χ0) is 41.8. The van der Waals surface area contributed by atoms with Crippen LogP contribution < -0.4 is 20.7 Å². The molecule has 5 aromatic carbocycles. The van der Waals surface area contributed by atoms with Gasteiger partial charge in [-0.2, -0.15) is 0 Å². The fourth-order valence-electron chi connectivity index (χ4n) is 8.36. The highest BCUT2D eigenvalue weighted by Crippen LogP contribution is 2.39. The summed E-state index contributed by atoms with van der Waals surface area (Å²) in [6.45, 7) is 19.9. The highest BCUT2D eigenvalue weighted by atomic mass is 32.2. The van der Waals surface area contributed by atoms with Crippen LogP contribution in [0.3, 0.4) is 0 Å². The van der Waals surface area contributed by atoms with Crippen molar-refractivity contribution in [3.63, 3.8) is 0 Å². The number of nitrogens with zero attached hydrogens (tertiary/aromatic N) is 1. The molecule has 0 aromatic heterocycles. The van der Waals surface area contributed by atoms with Gasteiger partial charge in [0, 0.05) is 19.2 Å². The lowest BCUT2D eigenvalue weighted by Gasteiger charge is -2.44. The SMILES string of the molecule is CC(C)CCN([C@@H](CCCCO)CO[Si](c1ccccc1)(c1ccccc1)C(C)(C)C)S(=O)c1ccc(CO[Si](c2ccccc2)(c2ccccc2)C(C)(C)C)cc1. The summed E-state index contributed by atoms with van der Waals surface area (Å²) >= 11 is 0. The fourth-order valence-corrected chi connectivity index (χ4v) is 18.8. The lowest BCUT2D eigenvalue weighted by atomic mass is 10.1. The third-order valence-corrected chi connectivity index (χ3v) is 23.0. The van der Waals surface area contributed by atoms with Crippen LogP contribution in [-0.4, -0.2) is 56.1 Å². The average Bonchev–Trinajstić information content (AvgIpc) is 3.22. The lowest BCUT2D eigenvalue weighted by molar-refractivity contribution is 0.181. The molecule has 0 saturated carbocycles. The molecule has 5 rings (SSSR count). The molecule has 0 amide bonds. The molecular weight excluding hydrogens is 767 g/mol. The summed E-state index contributed by atoms with van der Waals surface area (Å²) in [5, 5.41) is 14.5. The van der Waals surface area contributed by atoms with Crippen LogP contribution in [0.1, 0.15) is 86.6 Å². The zero-order valence-electron chi connectivity index (χ0n) is 36.2. The lowest BCUT2D eigenvalue weighted by Crippen LogP contribution is -2.67. The predicted molar refractivity (Wildman–Crippen MR) is 250 cm³/mol. The van der Waals surface area contributed by atoms with E-state index in [0.29, 0.717) is 32.1 Å². The quantitative estimate of drug-likeness (QED) is 0.0628. The molecule has 0 radical (unpaired) electrons. The van der Waals surface area contributed by atoms with Crippen molar-refractivity contribution in [2.45, 2.75) is 109 Å². The number of hydrogen-bond donors (Lipinski definition) is 1. The second kappa shape index (κ2) is 20.7. The highest BCUT2D eigenvalue weighted by Gasteiger charge is 2.51. The van der Waals surface area contributed by atoms with E-state index in [1.54, 1.807) is 0 Å². The summed E-state index contributed by atoms with van der Waals surface area (Å²) in [6, 6.07) is 51.0. The fraction of sp³-hybridized carbons (Fsp3) is 0.400. The Balaban J connectivity index is 1.47. The molecule has 0 aliphatic rings. The number of benzene rings is 5. The summed E-state index contributed by atoms with van der Waals surface area (Å²) < 4.78 is 31.9. The van der Waals surface area contributed by atoms with Gasteiger partial charge in [-0.05, 0) is 80.1 Å². The van der Waals surface area contributed by atoms with Gasteiger partial charge in [-0.3, -0.25) is 0 Å². The average molecular weight is 834 g/mol. The van der Waals surface area contributed by atoms with Gasteiger partial charge in [0.15, 0.2) is 0 Å². The Bertz CT molecular complexity index is 1890. The minimum atomic E-state index is -2.84. The van der Waals surface area contributed by atoms with Crippen LogP contribution in [-0.2, 0) is 26.4 Å². The number of hydrogen-bond acceptors (Lipinski definition) is 4. The molecule has 1 N–H and O–H groups in total. The minimum absolute atomic E-state index is 0.120. The van der Waals surface area contributed by atoms with Crippen molar-refractivity contribution in [2.24, 2.45) is 5.92 Å². The van der Waals surface area contributed by atoms with E-state index in [1.165, 1.54) is 20.7 Å². The number of unbranched alkanes of at least 4 members (excludes halogenated alkanes) is 1. The van der Waals surface area contributed by atoms with Gasteiger partial charge in [0.1, 0.15) is 11.0 Å². The van der Waals surface area contributed by atoms with E-state index >= 15 is 0 Å². The first-order valence-corrected chi connectivity index (χ1v) is 26.0. The normalized spacial score (nSPS) is 13.8. The molecule has 0 aliphatic carbocycles. The Morgan fingerprint density at radius 1 is 0.586 bits per heavy atom. The molecule has 0 heterocycles. The van der Waals surface area contributed by atoms with Crippen molar-refractivity contribution >= 4 is 48.4 Å². The molecule has 8 heteroatoms. The Morgan fingerprint density at radius 3 is 1.38 bits per heavy atom. The standard InChI is InChI=1S/C50H67NO4SSi2/c1-41(2)36-37-51(43(23-21-22-38-52)40-55-58(50(6,7)8,47-28-17-11-18-29-47)48-30-19-12-20-31-48)56(53)44-34-32-42(33-35-44)39-54-57(49(3,4)5,45-24-13-9-14-25-45)46-26-15-10-16-27-46/h9-20,24-35,41,43,52H,21-23,36-40H2,1-8H3/t43-,56?/m0/s1. The van der Waals surface area contributed by atoms with E-state index < -0.39 is 27.6 Å². The summed E-state index contributed by atoms with van der Waals surface area (Å²) in [7, 11) is -7.01. The first-order valence-electron chi connectivity index (χ1n) is 21.1. The Labute approximate surface area is 354 Å². The van der Waals surface area contributed by atoms with Gasteiger partial charge < -0.3 is 14.0 Å². The van der Waals surface area contributed by atoms with E-state index in [1.807, 2.05) is 12.1 Å². The largest absolute Gasteiger partial charge is 0.406 e. The maximum atomic E-state index is 14.9.